The molecule has 1 saturated heterocycles. The molecule has 0 bridgehead atoms. The number of rotatable bonds is 1. The van der Waals surface area contributed by atoms with Crippen LogP contribution >= 0.6 is 11.6 Å². The van der Waals surface area contributed by atoms with Gasteiger partial charge < -0.3 is 5.32 Å². The molecule has 5 nitrogen and oxygen atoms in total. The lowest BCUT2D eigenvalue weighted by Crippen LogP contribution is -2.41. The smallest absolute Gasteiger partial charge is 0.294 e. The van der Waals surface area contributed by atoms with E-state index in [2.05, 4.69) is 10.9 Å². The first-order chi connectivity index (χ1) is 10.6. The monoisotopic (exact) mass is 312 g/mol. The largest absolute Gasteiger partial charge is 0.355 e. The molecule has 1 amide bonds. The molecule has 2 aliphatic rings. The predicted octanol–water partition coefficient (Wildman–Crippen LogP) is 3.27. The van der Waals surface area contributed by atoms with Gasteiger partial charge in [0, 0.05) is 10.7 Å². The van der Waals surface area contributed by atoms with E-state index in [-0.39, 0.29) is 5.91 Å². The fourth-order valence-corrected chi connectivity index (χ4v) is 2.83. The summed E-state index contributed by atoms with van der Waals surface area (Å²) in [4.78, 5) is 12.7. The molecule has 2 aromatic carbocycles. The summed E-state index contributed by atoms with van der Waals surface area (Å²) in [7, 11) is 0. The molecule has 6 heteroatoms. The molecule has 110 valence electrons. The number of halogens is 1. The zero-order valence-electron chi connectivity index (χ0n) is 11.8. The van der Waals surface area contributed by atoms with Crippen molar-refractivity contribution in [1.29, 1.82) is 0 Å². The van der Waals surface area contributed by atoms with Crippen LogP contribution in [0.2, 0.25) is 5.02 Å². The fraction of sp³-hybridized carbons (Fsp3) is 0.0625. The molecule has 22 heavy (non-hydrogen) atoms. The third-order valence-electron chi connectivity index (χ3n) is 3.74. The normalized spacial score (nSPS) is 16.5. The van der Waals surface area contributed by atoms with E-state index in [1.165, 1.54) is 5.01 Å². The molecular formula is C16H13ClN4O. The molecule has 4 rings (SSSR count). The quantitative estimate of drug-likeness (QED) is 0.848. The number of hydrogen-bond donors (Lipinski definition) is 2. The van der Waals surface area contributed by atoms with Gasteiger partial charge in [0.2, 0.25) is 0 Å². The predicted molar refractivity (Wildman–Crippen MR) is 87.3 cm³/mol. The second kappa shape index (κ2) is 4.76. The van der Waals surface area contributed by atoms with Gasteiger partial charge in [-0.05, 0) is 43.3 Å². The van der Waals surface area contributed by atoms with Gasteiger partial charge in [0.1, 0.15) is 5.70 Å². The average Bonchev–Trinajstić information content (AvgIpc) is 2.87. The standard InChI is InChI=1S/C16H13ClN4O/c1-10-15-16(22)20(12-8-6-11(17)7-9-12)19-21(15)14-5-3-2-4-13(14)18-10/h2-9,18-19H,1H3. The minimum Gasteiger partial charge on any atom is -0.355 e. The summed E-state index contributed by atoms with van der Waals surface area (Å²) >= 11 is 5.91. The second-order valence-electron chi connectivity index (χ2n) is 5.17. The first kappa shape index (κ1) is 13.2. The van der Waals surface area contributed by atoms with Crippen LogP contribution in [0.15, 0.2) is 59.9 Å². The Morgan fingerprint density at radius 3 is 2.50 bits per heavy atom. The molecule has 0 saturated carbocycles. The zero-order chi connectivity index (χ0) is 15.3. The maximum atomic E-state index is 12.7. The van der Waals surface area contributed by atoms with Gasteiger partial charge in [-0.15, -0.1) is 5.53 Å². The van der Waals surface area contributed by atoms with E-state index in [4.69, 9.17) is 11.6 Å². The van der Waals surface area contributed by atoms with E-state index in [1.807, 2.05) is 31.2 Å². The minimum absolute atomic E-state index is 0.109. The van der Waals surface area contributed by atoms with Crippen molar-refractivity contribution in [3.63, 3.8) is 0 Å². The van der Waals surface area contributed by atoms with E-state index < -0.39 is 0 Å². The molecule has 1 fully saturated rings. The van der Waals surface area contributed by atoms with Crippen LogP contribution in [0.4, 0.5) is 17.1 Å². The summed E-state index contributed by atoms with van der Waals surface area (Å²) < 4.78 is 0. The third kappa shape index (κ3) is 1.87. The number of para-hydroxylation sites is 2. The topological polar surface area (TPSA) is 47.6 Å². The number of hydrogen-bond acceptors (Lipinski definition) is 4. The zero-order valence-corrected chi connectivity index (χ0v) is 12.6. The highest BCUT2D eigenvalue weighted by Crippen LogP contribution is 2.37. The molecule has 2 aliphatic heterocycles. The highest BCUT2D eigenvalue weighted by Gasteiger charge is 2.39. The number of nitrogens with one attached hydrogen (secondary N) is 2. The Hall–Kier alpha value is -2.50. The summed E-state index contributed by atoms with van der Waals surface area (Å²) in [5, 5.41) is 7.22. The van der Waals surface area contributed by atoms with E-state index in [1.54, 1.807) is 29.3 Å². The van der Waals surface area contributed by atoms with Crippen molar-refractivity contribution in [2.45, 2.75) is 6.92 Å². The molecular weight excluding hydrogens is 300 g/mol. The van der Waals surface area contributed by atoms with Gasteiger partial charge in [0.15, 0.2) is 0 Å². The van der Waals surface area contributed by atoms with Gasteiger partial charge in [-0.25, -0.2) is 10.0 Å². The Morgan fingerprint density at radius 2 is 1.73 bits per heavy atom. The number of allylic oxidation sites excluding steroid dienone is 1. The lowest BCUT2D eigenvalue weighted by molar-refractivity contribution is -0.114. The van der Waals surface area contributed by atoms with Crippen molar-refractivity contribution >= 4 is 34.6 Å². The Morgan fingerprint density at radius 1 is 1.00 bits per heavy atom. The SMILES string of the molecule is CC1=C2C(=O)N(c3ccc(Cl)cc3)NN2c2ccccc2N1. The van der Waals surface area contributed by atoms with Crippen molar-refractivity contribution in [2.75, 3.05) is 15.3 Å². The number of amides is 1. The van der Waals surface area contributed by atoms with E-state index in [0.717, 1.165) is 22.8 Å². The molecule has 0 aromatic heterocycles. The van der Waals surface area contributed by atoms with Crippen molar-refractivity contribution < 1.29 is 4.79 Å². The number of hydrazine groups is 2. The minimum atomic E-state index is -0.109. The third-order valence-corrected chi connectivity index (χ3v) is 3.99. The average molecular weight is 313 g/mol. The van der Waals surface area contributed by atoms with Crippen LogP contribution in [0.1, 0.15) is 6.92 Å². The highest BCUT2D eigenvalue weighted by atomic mass is 35.5. The number of fused-ring (bicyclic) bond motifs is 3. The lowest BCUT2D eigenvalue weighted by atomic mass is 10.1. The van der Waals surface area contributed by atoms with Crippen LogP contribution in [0.25, 0.3) is 0 Å². The van der Waals surface area contributed by atoms with Crippen LogP contribution in [0.5, 0.6) is 0 Å². The van der Waals surface area contributed by atoms with E-state index >= 15 is 0 Å². The summed E-state index contributed by atoms with van der Waals surface area (Å²) in [6.45, 7) is 1.89. The summed E-state index contributed by atoms with van der Waals surface area (Å²) in [5.41, 5.74) is 7.15. The Balaban J connectivity index is 1.78. The molecule has 2 N–H and O–H groups in total. The maximum Gasteiger partial charge on any atom is 0.294 e. The molecule has 0 aliphatic carbocycles. The molecule has 0 radical (unpaired) electrons. The van der Waals surface area contributed by atoms with Gasteiger partial charge >= 0.3 is 0 Å². The molecule has 2 heterocycles. The van der Waals surface area contributed by atoms with Crippen LogP contribution in [-0.4, -0.2) is 5.91 Å². The van der Waals surface area contributed by atoms with Crippen molar-refractivity contribution in [2.24, 2.45) is 0 Å². The molecule has 0 atom stereocenters. The number of carbonyl (C=O) groups is 1. The second-order valence-corrected chi connectivity index (χ2v) is 5.60. The van der Waals surface area contributed by atoms with Crippen LogP contribution in [0.3, 0.4) is 0 Å². The first-order valence-corrected chi connectivity index (χ1v) is 7.26. The Kier molecular flexibility index (Phi) is 2.85. The molecule has 0 unspecified atom stereocenters. The summed E-state index contributed by atoms with van der Waals surface area (Å²) in [6, 6.07) is 15.0. The van der Waals surface area contributed by atoms with Crippen molar-refractivity contribution in [3.8, 4) is 0 Å². The van der Waals surface area contributed by atoms with Gasteiger partial charge in [0.25, 0.3) is 5.91 Å². The first-order valence-electron chi connectivity index (χ1n) is 6.88. The summed E-state index contributed by atoms with van der Waals surface area (Å²) in [5.74, 6) is -0.109. The van der Waals surface area contributed by atoms with Gasteiger partial charge in [-0.1, -0.05) is 23.7 Å². The Bertz CT molecular complexity index is 800. The Labute approximate surface area is 132 Å². The van der Waals surface area contributed by atoms with Crippen LogP contribution in [0, 0.1) is 0 Å². The number of anilines is 3. The van der Waals surface area contributed by atoms with Gasteiger partial charge in [-0.2, -0.15) is 0 Å². The van der Waals surface area contributed by atoms with Crippen LogP contribution in [-0.2, 0) is 4.79 Å². The van der Waals surface area contributed by atoms with E-state index in [9.17, 15) is 4.79 Å². The van der Waals surface area contributed by atoms with E-state index in [0.29, 0.717) is 10.7 Å². The summed E-state index contributed by atoms with van der Waals surface area (Å²) in [6.07, 6.45) is 0. The van der Waals surface area contributed by atoms with Crippen LogP contribution < -0.4 is 20.9 Å². The molecule has 2 aromatic rings. The number of carbonyl (C=O) groups excluding carboxylic acids is 1. The lowest BCUT2D eigenvalue weighted by Gasteiger charge is -2.28. The number of nitrogens with zero attached hydrogens (tertiary/aromatic N) is 2. The van der Waals surface area contributed by atoms with Crippen molar-refractivity contribution in [3.05, 3.63) is 64.9 Å². The van der Waals surface area contributed by atoms with Gasteiger partial charge in [0.05, 0.1) is 17.1 Å². The number of benzene rings is 2. The highest BCUT2D eigenvalue weighted by molar-refractivity contribution is 6.30. The van der Waals surface area contributed by atoms with Crippen molar-refractivity contribution in [1.82, 2.24) is 5.53 Å². The van der Waals surface area contributed by atoms with Gasteiger partial charge in [-0.3, -0.25) is 4.79 Å². The fourth-order valence-electron chi connectivity index (χ4n) is 2.70. The maximum absolute atomic E-state index is 12.7. The molecule has 0 spiro atoms.